The highest BCUT2D eigenvalue weighted by Crippen LogP contribution is 2.31. The number of fused-ring (bicyclic) bond motifs is 1. The van der Waals surface area contributed by atoms with Crippen LogP contribution in [0.2, 0.25) is 0 Å². The fraction of sp³-hybridized carbons (Fsp3) is 0.579. The van der Waals surface area contributed by atoms with Gasteiger partial charge in [-0.3, -0.25) is 9.48 Å². The summed E-state index contributed by atoms with van der Waals surface area (Å²) in [5, 5.41) is 6.82. The molecule has 0 unspecified atom stereocenters. The Bertz CT molecular complexity index is 755. The maximum atomic E-state index is 13.2. The van der Waals surface area contributed by atoms with Crippen molar-refractivity contribution in [3.8, 4) is 0 Å². The summed E-state index contributed by atoms with van der Waals surface area (Å²) in [4.78, 5) is 16.1. The van der Waals surface area contributed by atoms with Crippen LogP contribution in [0, 0.1) is 6.92 Å². The summed E-state index contributed by atoms with van der Waals surface area (Å²) in [7, 11) is 2.04. The number of thiophene rings is 1. The molecule has 1 saturated carbocycles. The van der Waals surface area contributed by atoms with Gasteiger partial charge in [-0.1, -0.05) is 12.8 Å². The van der Waals surface area contributed by atoms with Crippen molar-refractivity contribution in [2.75, 3.05) is 0 Å². The van der Waals surface area contributed by atoms with Crippen molar-refractivity contribution in [1.29, 1.82) is 0 Å². The summed E-state index contributed by atoms with van der Waals surface area (Å²) >= 11 is 1.57. The van der Waals surface area contributed by atoms with Crippen molar-refractivity contribution >= 4 is 17.2 Å². The average molecular weight is 343 g/mol. The molecule has 0 atom stereocenters. The topological polar surface area (TPSA) is 38.1 Å². The molecular formula is C19H25N3OS. The van der Waals surface area contributed by atoms with Gasteiger partial charge in [-0.15, -0.1) is 11.3 Å². The summed E-state index contributed by atoms with van der Waals surface area (Å²) in [5.74, 6) is 0.192. The van der Waals surface area contributed by atoms with Crippen LogP contribution in [0.1, 0.15) is 64.3 Å². The summed E-state index contributed by atoms with van der Waals surface area (Å²) < 4.78 is 2.03. The Hall–Kier alpha value is -1.62. The molecule has 2 aliphatic carbocycles. The minimum absolute atomic E-state index is 0.192. The molecule has 0 N–H and O–H groups in total. The lowest BCUT2D eigenvalue weighted by atomic mass is 10.1. The molecule has 0 aliphatic heterocycles. The number of aryl methyl sites for hydroxylation is 2. The Kier molecular flexibility index (Phi) is 4.21. The third-order valence-corrected chi connectivity index (χ3v) is 6.52. The summed E-state index contributed by atoms with van der Waals surface area (Å²) in [6.07, 6.45) is 8.19. The predicted octanol–water partition coefficient (Wildman–Crippen LogP) is 3.86. The second-order valence-electron chi connectivity index (χ2n) is 7.21. The van der Waals surface area contributed by atoms with E-state index in [9.17, 15) is 4.79 Å². The van der Waals surface area contributed by atoms with Crippen LogP contribution >= 0.6 is 11.3 Å². The van der Waals surface area contributed by atoms with Crippen molar-refractivity contribution in [3.63, 3.8) is 0 Å². The Morgan fingerprint density at radius 3 is 2.83 bits per heavy atom. The van der Waals surface area contributed by atoms with Crippen molar-refractivity contribution in [1.82, 2.24) is 14.7 Å². The van der Waals surface area contributed by atoms with Gasteiger partial charge in [0.15, 0.2) is 0 Å². The molecule has 0 saturated heterocycles. The van der Waals surface area contributed by atoms with E-state index < -0.39 is 0 Å². The fourth-order valence-corrected chi connectivity index (χ4v) is 5.11. The molecule has 2 aromatic rings. The van der Waals surface area contributed by atoms with Gasteiger partial charge in [0.1, 0.15) is 0 Å². The van der Waals surface area contributed by atoms with Gasteiger partial charge in [0.2, 0.25) is 0 Å². The number of hydrogen-bond donors (Lipinski definition) is 0. The molecule has 24 heavy (non-hydrogen) atoms. The summed E-state index contributed by atoms with van der Waals surface area (Å²) in [6.45, 7) is 2.72. The minimum Gasteiger partial charge on any atom is -0.329 e. The Labute approximate surface area is 147 Å². The largest absolute Gasteiger partial charge is 0.329 e. The molecule has 2 aliphatic rings. The molecule has 0 bridgehead atoms. The minimum atomic E-state index is 0.192. The third kappa shape index (κ3) is 2.79. The van der Waals surface area contributed by atoms with Crippen molar-refractivity contribution in [2.24, 2.45) is 7.05 Å². The fourth-order valence-electron chi connectivity index (χ4n) is 4.25. The van der Waals surface area contributed by atoms with Gasteiger partial charge in [0.25, 0.3) is 5.91 Å². The molecule has 4 rings (SSSR count). The Balaban J connectivity index is 1.63. The van der Waals surface area contributed by atoms with E-state index in [2.05, 4.69) is 17.2 Å². The van der Waals surface area contributed by atoms with Gasteiger partial charge in [-0.2, -0.15) is 5.10 Å². The molecule has 1 fully saturated rings. The molecule has 4 nitrogen and oxygen atoms in total. The first-order valence-electron chi connectivity index (χ1n) is 9.03. The number of carbonyl (C=O) groups is 1. The standard InChI is InChI=1S/C19H25N3OS/c1-13-10-18(24-12-13)19(23)22(14-6-3-4-7-14)11-16-15-8-5-9-17(15)21(2)20-16/h10,12,14H,3-9,11H2,1-2H3. The van der Waals surface area contributed by atoms with Crippen LogP contribution in [0.5, 0.6) is 0 Å². The quantitative estimate of drug-likeness (QED) is 0.845. The maximum absolute atomic E-state index is 13.2. The molecule has 2 aromatic heterocycles. The first-order chi connectivity index (χ1) is 11.6. The highest BCUT2D eigenvalue weighted by molar-refractivity contribution is 7.12. The normalized spacial score (nSPS) is 17.4. The van der Waals surface area contributed by atoms with Gasteiger partial charge < -0.3 is 4.90 Å². The molecule has 1 amide bonds. The van der Waals surface area contributed by atoms with Crippen LogP contribution in [0.15, 0.2) is 11.4 Å². The SMILES string of the molecule is Cc1csc(C(=O)N(Cc2nn(C)c3c2CCC3)C2CCCC2)c1. The maximum Gasteiger partial charge on any atom is 0.264 e. The van der Waals surface area contributed by atoms with E-state index >= 15 is 0 Å². The van der Waals surface area contributed by atoms with Crippen LogP contribution in [0.4, 0.5) is 0 Å². The lowest BCUT2D eigenvalue weighted by molar-refractivity contribution is 0.0666. The molecule has 0 radical (unpaired) electrons. The molecule has 2 heterocycles. The number of amides is 1. The van der Waals surface area contributed by atoms with Crippen molar-refractivity contribution in [3.05, 3.63) is 38.8 Å². The smallest absolute Gasteiger partial charge is 0.264 e. The predicted molar refractivity (Wildman–Crippen MR) is 96.4 cm³/mol. The van der Waals surface area contributed by atoms with E-state index in [0.29, 0.717) is 12.6 Å². The van der Waals surface area contributed by atoms with E-state index in [4.69, 9.17) is 5.10 Å². The van der Waals surface area contributed by atoms with Gasteiger partial charge in [0.05, 0.1) is 17.1 Å². The van der Waals surface area contributed by atoms with Gasteiger partial charge in [-0.05, 0) is 61.6 Å². The third-order valence-electron chi connectivity index (χ3n) is 5.49. The van der Waals surface area contributed by atoms with Crippen molar-refractivity contribution in [2.45, 2.75) is 64.5 Å². The van der Waals surface area contributed by atoms with E-state index in [1.165, 1.54) is 36.1 Å². The molecule has 128 valence electrons. The van der Waals surface area contributed by atoms with Gasteiger partial charge >= 0.3 is 0 Å². The zero-order chi connectivity index (χ0) is 16.7. The molecule has 0 spiro atoms. The van der Waals surface area contributed by atoms with E-state index in [-0.39, 0.29) is 5.91 Å². The summed E-state index contributed by atoms with van der Waals surface area (Å²) in [5.41, 5.74) is 5.07. The second-order valence-corrected chi connectivity index (χ2v) is 8.12. The molecular weight excluding hydrogens is 318 g/mol. The number of carbonyl (C=O) groups excluding carboxylic acids is 1. The van der Waals surface area contributed by atoms with Gasteiger partial charge in [-0.25, -0.2) is 0 Å². The highest BCUT2D eigenvalue weighted by atomic mass is 32.1. The van der Waals surface area contributed by atoms with Crippen molar-refractivity contribution < 1.29 is 4.79 Å². The first-order valence-corrected chi connectivity index (χ1v) is 9.91. The lowest BCUT2D eigenvalue weighted by Crippen LogP contribution is -2.38. The number of hydrogen-bond acceptors (Lipinski definition) is 3. The summed E-state index contributed by atoms with van der Waals surface area (Å²) in [6, 6.07) is 2.40. The van der Waals surface area contributed by atoms with Crippen LogP contribution in [-0.2, 0) is 26.4 Å². The zero-order valence-corrected chi connectivity index (χ0v) is 15.4. The number of aromatic nitrogens is 2. The molecule has 5 heteroatoms. The van der Waals surface area contributed by atoms with E-state index in [1.54, 1.807) is 11.3 Å². The highest BCUT2D eigenvalue weighted by Gasteiger charge is 2.31. The molecule has 0 aromatic carbocycles. The Morgan fingerprint density at radius 1 is 1.33 bits per heavy atom. The lowest BCUT2D eigenvalue weighted by Gasteiger charge is -2.28. The van der Waals surface area contributed by atoms with Crippen LogP contribution < -0.4 is 0 Å². The second kappa shape index (κ2) is 6.36. The monoisotopic (exact) mass is 343 g/mol. The van der Waals surface area contributed by atoms with Gasteiger partial charge in [0, 0.05) is 18.8 Å². The first kappa shape index (κ1) is 15.9. The average Bonchev–Trinajstić information content (AvgIpc) is 3.32. The van der Waals surface area contributed by atoms with Crippen LogP contribution in [0.25, 0.3) is 0 Å². The Morgan fingerprint density at radius 2 is 2.12 bits per heavy atom. The number of nitrogens with zero attached hydrogens (tertiary/aromatic N) is 3. The number of rotatable bonds is 4. The van der Waals surface area contributed by atoms with E-state index in [0.717, 1.165) is 36.3 Å². The van der Waals surface area contributed by atoms with Crippen LogP contribution in [0.3, 0.4) is 0 Å². The van der Waals surface area contributed by atoms with E-state index in [1.807, 2.05) is 17.8 Å². The zero-order valence-electron chi connectivity index (χ0n) is 14.5. The van der Waals surface area contributed by atoms with Crippen LogP contribution in [-0.4, -0.2) is 26.6 Å².